The van der Waals surface area contributed by atoms with Crippen LogP contribution in [0, 0.1) is 0 Å². The number of hydrogen-bond donors (Lipinski definition) is 0. The summed E-state index contributed by atoms with van der Waals surface area (Å²) in [4.78, 5) is 3.93. The summed E-state index contributed by atoms with van der Waals surface area (Å²) in [6.45, 7) is 6.25. The molecule has 1 nitrogen and oxygen atoms in total. The molecule has 0 aromatic carbocycles. The van der Waals surface area contributed by atoms with Crippen LogP contribution in [-0.4, -0.2) is 12.8 Å². The molecule has 0 aliphatic carbocycles. The van der Waals surface area contributed by atoms with Crippen LogP contribution >= 0.6 is 11.6 Å². The smallest absolute Gasteiger partial charge is 0.0360 e. The van der Waals surface area contributed by atoms with Crippen LogP contribution < -0.4 is 0 Å². The Hall–Kier alpha value is -0.560. The number of nitrogens with zero attached hydrogens (tertiary/aromatic N) is 1. The van der Waals surface area contributed by atoms with Gasteiger partial charge in [-0.25, -0.2) is 0 Å². The van der Waals surface area contributed by atoms with E-state index in [1.54, 1.807) is 18.4 Å². The number of aliphatic imine (C=N–C) groups is 1. The topological polar surface area (TPSA) is 12.4 Å². The predicted octanol–water partition coefficient (Wildman–Crippen LogP) is 2.39. The summed E-state index contributed by atoms with van der Waals surface area (Å²) < 4.78 is 0. The van der Waals surface area contributed by atoms with Crippen LogP contribution in [0.4, 0.5) is 0 Å². The van der Waals surface area contributed by atoms with Gasteiger partial charge in [0.25, 0.3) is 0 Å². The summed E-state index contributed by atoms with van der Waals surface area (Å²) in [5.74, 6) is 0. The van der Waals surface area contributed by atoms with Gasteiger partial charge in [-0.3, -0.25) is 4.99 Å². The van der Waals surface area contributed by atoms with E-state index in [2.05, 4.69) is 11.6 Å². The van der Waals surface area contributed by atoms with E-state index in [0.717, 1.165) is 6.54 Å². The monoisotopic (exact) mass is 143 g/mol. The summed E-state index contributed by atoms with van der Waals surface area (Å²) in [6.07, 6.45) is 5.16. The van der Waals surface area contributed by atoms with E-state index in [1.165, 1.54) is 0 Å². The molecule has 0 saturated heterocycles. The third-order valence-electron chi connectivity index (χ3n) is 0.651. The Morgan fingerprint density at radius 1 is 1.78 bits per heavy atom. The molecule has 50 valence electrons. The molecular weight excluding hydrogens is 134 g/mol. The first kappa shape index (κ1) is 8.44. The normalized spacial score (nSPS) is 11.3. The van der Waals surface area contributed by atoms with E-state index in [4.69, 9.17) is 11.6 Å². The van der Waals surface area contributed by atoms with E-state index < -0.39 is 0 Å². The highest BCUT2D eigenvalue weighted by Gasteiger charge is 1.71. The number of rotatable bonds is 3. The molecule has 0 heterocycles. The first-order valence-electron chi connectivity index (χ1n) is 2.78. The van der Waals surface area contributed by atoms with Crippen molar-refractivity contribution in [1.29, 1.82) is 0 Å². The zero-order valence-electron chi connectivity index (χ0n) is 5.47. The number of hydrogen-bond acceptors (Lipinski definition) is 1. The van der Waals surface area contributed by atoms with Gasteiger partial charge in [-0.15, -0.1) is 0 Å². The molecular formula is C7H10ClN. The molecule has 0 rings (SSSR count). The maximum absolute atomic E-state index is 5.41. The van der Waals surface area contributed by atoms with Gasteiger partial charge < -0.3 is 0 Å². The summed E-state index contributed by atoms with van der Waals surface area (Å²) in [5, 5.41) is 0.526. The van der Waals surface area contributed by atoms with E-state index >= 15 is 0 Å². The Morgan fingerprint density at radius 3 is 2.89 bits per heavy atom. The average molecular weight is 144 g/mol. The van der Waals surface area contributed by atoms with Gasteiger partial charge in [0, 0.05) is 17.8 Å². The minimum Gasteiger partial charge on any atom is -0.293 e. The first-order valence-corrected chi connectivity index (χ1v) is 3.16. The highest BCUT2D eigenvalue weighted by atomic mass is 35.5. The van der Waals surface area contributed by atoms with Gasteiger partial charge >= 0.3 is 0 Å². The largest absolute Gasteiger partial charge is 0.293 e. The van der Waals surface area contributed by atoms with Crippen molar-refractivity contribution in [2.45, 2.75) is 6.92 Å². The third kappa shape index (κ3) is 7.44. The summed E-state index contributed by atoms with van der Waals surface area (Å²) in [7, 11) is 0. The molecule has 0 aromatic rings. The molecule has 2 heteroatoms. The van der Waals surface area contributed by atoms with Crippen LogP contribution in [0.3, 0.4) is 0 Å². The van der Waals surface area contributed by atoms with E-state index in [1.807, 2.05) is 6.92 Å². The molecule has 9 heavy (non-hydrogen) atoms. The second kappa shape index (κ2) is 5.57. The highest BCUT2D eigenvalue weighted by Crippen LogP contribution is 1.95. The molecule has 0 aliphatic rings. The lowest BCUT2D eigenvalue weighted by Gasteiger charge is -1.77. The minimum atomic E-state index is 0.526. The van der Waals surface area contributed by atoms with Gasteiger partial charge in [-0.05, 0) is 19.1 Å². The molecule has 0 aromatic heterocycles. The lowest BCUT2D eigenvalue weighted by Crippen LogP contribution is -1.68. The van der Waals surface area contributed by atoms with Gasteiger partial charge in [0.15, 0.2) is 0 Å². The molecule has 0 fully saturated rings. The molecule has 0 amide bonds. The maximum atomic E-state index is 5.41. The zero-order valence-corrected chi connectivity index (χ0v) is 6.23. The van der Waals surface area contributed by atoms with Crippen molar-refractivity contribution >= 4 is 17.8 Å². The number of halogens is 1. The van der Waals surface area contributed by atoms with Crippen molar-refractivity contribution in [3.8, 4) is 0 Å². The Morgan fingerprint density at radius 2 is 2.44 bits per heavy atom. The van der Waals surface area contributed by atoms with Crippen molar-refractivity contribution in [3.63, 3.8) is 0 Å². The SMILES string of the molecule is C=C(Cl)/C=C\C=N/CC. The second-order valence-corrected chi connectivity index (χ2v) is 1.94. The minimum absolute atomic E-state index is 0.526. The fourth-order valence-corrected chi connectivity index (χ4v) is 0.386. The van der Waals surface area contributed by atoms with Gasteiger partial charge in [0.05, 0.1) is 0 Å². The van der Waals surface area contributed by atoms with Crippen LogP contribution in [0.25, 0.3) is 0 Å². The van der Waals surface area contributed by atoms with Gasteiger partial charge in [-0.2, -0.15) is 0 Å². The van der Waals surface area contributed by atoms with Crippen LogP contribution in [0.2, 0.25) is 0 Å². The molecule has 0 saturated carbocycles. The van der Waals surface area contributed by atoms with E-state index in [9.17, 15) is 0 Å². The van der Waals surface area contributed by atoms with Gasteiger partial charge in [0.1, 0.15) is 0 Å². The van der Waals surface area contributed by atoms with Crippen molar-refractivity contribution < 1.29 is 0 Å². The lowest BCUT2D eigenvalue weighted by atomic mass is 10.5. The molecule has 0 aliphatic heterocycles. The standard InChI is InChI=1S/C7H10ClN/c1-3-9-6-4-5-7(2)8/h4-6H,2-3H2,1H3/b5-4-,9-6-. The Bertz CT molecular complexity index is 136. The average Bonchev–Trinajstić information content (AvgIpc) is 1.80. The van der Waals surface area contributed by atoms with Crippen LogP contribution in [0.5, 0.6) is 0 Å². The summed E-state index contributed by atoms with van der Waals surface area (Å²) in [5.41, 5.74) is 0. The van der Waals surface area contributed by atoms with Crippen molar-refractivity contribution in [2.24, 2.45) is 4.99 Å². The quantitative estimate of drug-likeness (QED) is 0.425. The van der Waals surface area contributed by atoms with E-state index in [0.29, 0.717) is 5.03 Å². The first-order chi connectivity index (χ1) is 4.27. The summed E-state index contributed by atoms with van der Waals surface area (Å²) >= 11 is 5.41. The van der Waals surface area contributed by atoms with Crippen molar-refractivity contribution in [2.75, 3.05) is 6.54 Å². The highest BCUT2D eigenvalue weighted by molar-refractivity contribution is 6.30. The second-order valence-electron chi connectivity index (χ2n) is 1.45. The Labute approximate surface area is 60.7 Å². The molecule has 0 atom stereocenters. The maximum Gasteiger partial charge on any atom is 0.0360 e. The zero-order chi connectivity index (χ0) is 7.11. The third-order valence-corrected chi connectivity index (χ3v) is 0.777. The van der Waals surface area contributed by atoms with Crippen molar-refractivity contribution in [3.05, 3.63) is 23.8 Å². The van der Waals surface area contributed by atoms with Crippen LogP contribution in [0.1, 0.15) is 6.92 Å². The lowest BCUT2D eigenvalue weighted by molar-refractivity contribution is 1.14. The van der Waals surface area contributed by atoms with Crippen LogP contribution in [-0.2, 0) is 0 Å². The van der Waals surface area contributed by atoms with Gasteiger partial charge in [0.2, 0.25) is 0 Å². The fraction of sp³-hybridized carbons (Fsp3) is 0.286. The van der Waals surface area contributed by atoms with Crippen LogP contribution in [0.15, 0.2) is 28.8 Å². The summed E-state index contributed by atoms with van der Waals surface area (Å²) in [6, 6.07) is 0. The number of allylic oxidation sites excluding steroid dienone is 3. The molecule has 0 bridgehead atoms. The molecule has 0 radical (unpaired) electrons. The molecule has 0 spiro atoms. The fourth-order valence-electron chi connectivity index (χ4n) is 0.314. The Kier molecular flexibility index (Phi) is 5.23. The molecule has 0 N–H and O–H groups in total. The Balaban J connectivity index is 3.47. The predicted molar refractivity (Wildman–Crippen MR) is 43.2 cm³/mol. The van der Waals surface area contributed by atoms with Crippen molar-refractivity contribution in [1.82, 2.24) is 0 Å². The van der Waals surface area contributed by atoms with Gasteiger partial charge in [-0.1, -0.05) is 18.2 Å². The molecule has 0 unspecified atom stereocenters. The van der Waals surface area contributed by atoms with E-state index in [-0.39, 0.29) is 0 Å².